The van der Waals surface area contributed by atoms with Gasteiger partial charge in [-0.05, 0) is 19.4 Å². The summed E-state index contributed by atoms with van der Waals surface area (Å²) < 4.78 is 11.8. The summed E-state index contributed by atoms with van der Waals surface area (Å²) in [5.41, 5.74) is 1.12. The van der Waals surface area contributed by atoms with Crippen LogP contribution in [-0.4, -0.2) is 38.3 Å². The predicted molar refractivity (Wildman–Crippen MR) is 67.9 cm³/mol. The minimum absolute atomic E-state index is 0.107. The standard InChI is InChI=1S/C11H14N4O3S/c1-3-17-10(16)9-13-14-11(18-9)19-7-5-8-4-6-12-15(8)2/h4,6H,3,5,7H2,1-2H3. The molecule has 0 aliphatic carbocycles. The van der Waals surface area contributed by atoms with Crippen LogP contribution in [0.4, 0.5) is 0 Å². The molecule has 0 saturated heterocycles. The molecule has 0 aromatic carbocycles. The van der Waals surface area contributed by atoms with Crippen molar-refractivity contribution in [2.45, 2.75) is 18.6 Å². The maximum absolute atomic E-state index is 11.3. The van der Waals surface area contributed by atoms with Gasteiger partial charge in [0, 0.05) is 24.7 Å². The highest BCUT2D eigenvalue weighted by molar-refractivity contribution is 7.99. The Labute approximate surface area is 114 Å². The molecule has 0 atom stereocenters. The molecule has 0 spiro atoms. The first kappa shape index (κ1) is 13.6. The Hall–Kier alpha value is -1.83. The first-order chi connectivity index (χ1) is 9.20. The largest absolute Gasteiger partial charge is 0.459 e. The molecule has 0 radical (unpaired) electrons. The maximum atomic E-state index is 11.3. The van der Waals surface area contributed by atoms with Crippen molar-refractivity contribution in [3.63, 3.8) is 0 Å². The van der Waals surface area contributed by atoms with Gasteiger partial charge in [-0.15, -0.1) is 5.10 Å². The number of hydrogen-bond acceptors (Lipinski definition) is 7. The number of esters is 1. The third-order valence-corrected chi connectivity index (χ3v) is 3.18. The second kappa shape index (κ2) is 6.37. The van der Waals surface area contributed by atoms with Crippen LogP contribution >= 0.6 is 11.8 Å². The average Bonchev–Trinajstić information content (AvgIpc) is 3.00. The molecule has 0 saturated carbocycles. The van der Waals surface area contributed by atoms with Crippen LogP contribution in [0.2, 0.25) is 0 Å². The van der Waals surface area contributed by atoms with Crippen molar-refractivity contribution in [1.29, 1.82) is 0 Å². The van der Waals surface area contributed by atoms with Crippen LogP contribution in [0.15, 0.2) is 21.9 Å². The molecule has 2 aromatic heterocycles. The number of ether oxygens (including phenoxy) is 1. The fraction of sp³-hybridized carbons (Fsp3) is 0.455. The van der Waals surface area contributed by atoms with Crippen molar-refractivity contribution in [3.05, 3.63) is 23.8 Å². The highest BCUT2D eigenvalue weighted by atomic mass is 32.2. The van der Waals surface area contributed by atoms with Crippen LogP contribution in [0.25, 0.3) is 0 Å². The zero-order valence-corrected chi connectivity index (χ0v) is 11.5. The Morgan fingerprint density at radius 1 is 1.53 bits per heavy atom. The third kappa shape index (κ3) is 3.57. The van der Waals surface area contributed by atoms with Gasteiger partial charge in [0.2, 0.25) is 0 Å². The van der Waals surface area contributed by atoms with Crippen LogP contribution < -0.4 is 0 Å². The molecular weight excluding hydrogens is 268 g/mol. The van der Waals surface area contributed by atoms with Crippen molar-refractivity contribution < 1.29 is 13.9 Å². The lowest BCUT2D eigenvalue weighted by Crippen LogP contribution is -2.04. The van der Waals surface area contributed by atoms with Crippen molar-refractivity contribution >= 4 is 17.7 Å². The third-order valence-electron chi connectivity index (χ3n) is 2.36. The van der Waals surface area contributed by atoms with Gasteiger partial charge in [0.15, 0.2) is 0 Å². The van der Waals surface area contributed by atoms with E-state index >= 15 is 0 Å². The Kier molecular flexibility index (Phi) is 4.56. The Morgan fingerprint density at radius 3 is 3.05 bits per heavy atom. The van der Waals surface area contributed by atoms with Crippen LogP contribution in [0, 0.1) is 0 Å². The minimum Gasteiger partial charge on any atom is -0.459 e. The first-order valence-electron chi connectivity index (χ1n) is 5.81. The van der Waals surface area contributed by atoms with Crippen molar-refractivity contribution in [2.24, 2.45) is 7.05 Å². The van der Waals surface area contributed by atoms with Gasteiger partial charge in [-0.2, -0.15) is 5.10 Å². The topological polar surface area (TPSA) is 83.0 Å². The molecule has 0 fully saturated rings. The predicted octanol–water partition coefficient (Wildman–Crippen LogP) is 1.31. The van der Waals surface area contributed by atoms with E-state index in [9.17, 15) is 4.79 Å². The second-order valence-corrected chi connectivity index (χ2v) is 4.68. The quantitative estimate of drug-likeness (QED) is 0.583. The summed E-state index contributed by atoms with van der Waals surface area (Å²) in [6.07, 6.45) is 2.59. The Bertz CT molecular complexity index is 552. The number of aryl methyl sites for hydroxylation is 2. The van der Waals surface area contributed by atoms with Crippen LogP contribution in [0.5, 0.6) is 0 Å². The summed E-state index contributed by atoms with van der Waals surface area (Å²) in [6, 6.07) is 1.96. The van der Waals surface area contributed by atoms with Gasteiger partial charge in [0.1, 0.15) is 0 Å². The highest BCUT2D eigenvalue weighted by Crippen LogP contribution is 2.17. The van der Waals surface area contributed by atoms with E-state index in [2.05, 4.69) is 15.3 Å². The van der Waals surface area contributed by atoms with Gasteiger partial charge in [0.05, 0.1) is 6.61 Å². The summed E-state index contributed by atoms with van der Waals surface area (Å²) in [5, 5.41) is 11.9. The number of thioether (sulfide) groups is 1. The summed E-state index contributed by atoms with van der Waals surface area (Å²) >= 11 is 1.39. The number of rotatable bonds is 6. The number of carbonyl (C=O) groups excluding carboxylic acids is 1. The van der Waals surface area contributed by atoms with Crippen LogP contribution in [0.3, 0.4) is 0 Å². The number of nitrogens with zero attached hydrogens (tertiary/aromatic N) is 4. The number of aromatic nitrogens is 4. The Morgan fingerprint density at radius 2 is 2.37 bits per heavy atom. The zero-order valence-electron chi connectivity index (χ0n) is 10.7. The van der Waals surface area contributed by atoms with E-state index < -0.39 is 5.97 Å². The lowest BCUT2D eigenvalue weighted by Gasteiger charge is -1.99. The van der Waals surface area contributed by atoms with E-state index in [1.807, 2.05) is 17.8 Å². The molecule has 0 aliphatic rings. The van der Waals surface area contributed by atoms with E-state index in [1.54, 1.807) is 13.1 Å². The fourth-order valence-electron chi connectivity index (χ4n) is 1.43. The molecule has 2 heterocycles. The molecule has 0 amide bonds. The molecule has 2 rings (SSSR count). The lowest BCUT2D eigenvalue weighted by atomic mass is 10.3. The molecule has 2 aromatic rings. The molecular formula is C11H14N4O3S. The van der Waals surface area contributed by atoms with Gasteiger partial charge in [-0.3, -0.25) is 4.68 Å². The first-order valence-corrected chi connectivity index (χ1v) is 6.79. The SMILES string of the molecule is CCOC(=O)c1nnc(SCCc2ccnn2C)o1. The van der Waals surface area contributed by atoms with E-state index in [-0.39, 0.29) is 12.5 Å². The molecule has 0 bridgehead atoms. The minimum atomic E-state index is -0.589. The monoisotopic (exact) mass is 282 g/mol. The molecule has 0 unspecified atom stereocenters. The van der Waals surface area contributed by atoms with E-state index in [4.69, 9.17) is 9.15 Å². The highest BCUT2D eigenvalue weighted by Gasteiger charge is 2.15. The summed E-state index contributed by atoms with van der Waals surface area (Å²) in [6.45, 7) is 2.00. The normalized spacial score (nSPS) is 10.6. The molecule has 0 N–H and O–H groups in total. The second-order valence-electron chi connectivity index (χ2n) is 3.64. The van der Waals surface area contributed by atoms with Gasteiger partial charge >= 0.3 is 11.9 Å². The van der Waals surface area contributed by atoms with E-state index in [0.717, 1.165) is 17.9 Å². The maximum Gasteiger partial charge on any atom is 0.396 e. The summed E-state index contributed by atoms with van der Waals surface area (Å²) in [4.78, 5) is 11.3. The summed E-state index contributed by atoms with van der Waals surface area (Å²) in [5.74, 6) is 0.0719. The van der Waals surface area contributed by atoms with Gasteiger partial charge in [-0.25, -0.2) is 4.79 Å². The summed E-state index contributed by atoms with van der Waals surface area (Å²) in [7, 11) is 1.89. The fourth-order valence-corrected chi connectivity index (χ4v) is 2.16. The molecule has 19 heavy (non-hydrogen) atoms. The van der Waals surface area contributed by atoms with Gasteiger partial charge in [-0.1, -0.05) is 16.9 Å². The molecule has 102 valence electrons. The Balaban J connectivity index is 1.84. The zero-order chi connectivity index (χ0) is 13.7. The number of hydrogen-bond donors (Lipinski definition) is 0. The lowest BCUT2D eigenvalue weighted by molar-refractivity contribution is 0.0475. The van der Waals surface area contributed by atoms with Gasteiger partial charge < -0.3 is 9.15 Å². The smallest absolute Gasteiger partial charge is 0.396 e. The molecule has 0 aliphatic heterocycles. The molecule has 7 nitrogen and oxygen atoms in total. The van der Waals surface area contributed by atoms with Crippen LogP contribution in [0.1, 0.15) is 23.3 Å². The average molecular weight is 282 g/mol. The van der Waals surface area contributed by atoms with Crippen LogP contribution in [-0.2, 0) is 18.2 Å². The van der Waals surface area contributed by atoms with Crippen molar-refractivity contribution in [1.82, 2.24) is 20.0 Å². The van der Waals surface area contributed by atoms with Crippen molar-refractivity contribution in [2.75, 3.05) is 12.4 Å². The number of carbonyl (C=O) groups is 1. The van der Waals surface area contributed by atoms with Gasteiger partial charge in [0.25, 0.3) is 5.22 Å². The van der Waals surface area contributed by atoms with Crippen molar-refractivity contribution in [3.8, 4) is 0 Å². The van der Waals surface area contributed by atoms with E-state index in [0.29, 0.717) is 5.22 Å². The molecule has 8 heteroatoms. The van der Waals surface area contributed by atoms with E-state index in [1.165, 1.54) is 11.8 Å².